The van der Waals surface area contributed by atoms with Gasteiger partial charge >= 0.3 is 0 Å². The van der Waals surface area contributed by atoms with Crippen molar-refractivity contribution in [3.63, 3.8) is 0 Å². The molecular formula is C10H15NO2S. The Morgan fingerprint density at radius 3 is 3.14 bits per heavy atom. The van der Waals surface area contributed by atoms with Crippen LogP contribution in [0.1, 0.15) is 17.7 Å². The van der Waals surface area contributed by atoms with Gasteiger partial charge in [0.15, 0.2) is 0 Å². The molecule has 1 N–H and O–H groups in total. The smallest absolute Gasteiger partial charge is 0.0794 e. The van der Waals surface area contributed by atoms with Crippen LogP contribution in [0.2, 0.25) is 0 Å². The average Bonchev–Trinajstić information content (AvgIpc) is 2.72. The molecule has 0 bridgehead atoms. The van der Waals surface area contributed by atoms with Crippen LogP contribution in [-0.4, -0.2) is 29.9 Å². The lowest BCUT2D eigenvalue weighted by atomic mass is 9.80. The van der Waals surface area contributed by atoms with Crippen LogP contribution >= 0.6 is 11.3 Å². The van der Waals surface area contributed by atoms with Gasteiger partial charge in [0.1, 0.15) is 0 Å². The molecule has 1 aromatic rings. The Labute approximate surface area is 87.7 Å². The van der Waals surface area contributed by atoms with Gasteiger partial charge < -0.3 is 9.84 Å². The van der Waals surface area contributed by atoms with Crippen LogP contribution in [0.4, 0.5) is 0 Å². The van der Waals surface area contributed by atoms with Crippen molar-refractivity contribution in [1.29, 1.82) is 0 Å². The quantitative estimate of drug-likeness (QED) is 0.827. The van der Waals surface area contributed by atoms with Gasteiger partial charge in [-0.15, -0.1) is 11.3 Å². The number of ether oxygens (including phenoxy) is 1. The van der Waals surface area contributed by atoms with Gasteiger partial charge in [0, 0.05) is 23.1 Å². The first kappa shape index (κ1) is 10.1. The van der Waals surface area contributed by atoms with E-state index < -0.39 is 0 Å². The standard InChI is InChI=1S/C10H15NO2S/c12-6-10(2-1-3-13-7-10)4-9-5-11-8-14-9/h5,8,12H,1-4,6-7H2. The molecule has 4 heteroatoms. The van der Waals surface area contributed by atoms with Crippen molar-refractivity contribution in [2.45, 2.75) is 19.3 Å². The molecule has 1 unspecified atom stereocenters. The van der Waals surface area contributed by atoms with Gasteiger partial charge in [0.25, 0.3) is 0 Å². The average molecular weight is 213 g/mol. The Kier molecular flexibility index (Phi) is 3.15. The lowest BCUT2D eigenvalue weighted by Crippen LogP contribution is -2.37. The number of aromatic nitrogens is 1. The molecule has 3 nitrogen and oxygen atoms in total. The third-order valence-electron chi connectivity index (χ3n) is 2.77. The van der Waals surface area contributed by atoms with Crippen LogP contribution in [0.5, 0.6) is 0 Å². The second-order valence-electron chi connectivity index (χ2n) is 3.96. The van der Waals surface area contributed by atoms with E-state index in [0.29, 0.717) is 6.61 Å². The predicted octanol–water partition coefficient (Wildman–Crippen LogP) is 1.47. The summed E-state index contributed by atoms with van der Waals surface area (Å²) in [5, 5.41) is 9.44. The van der Waals surface area contributed by atoms with E-state index in [9.17, 15) is 5.11 Å². The van der Waals surface area contributed by atoms with Crippen LogP contribution in [0, 0.1) is 5.41 Å². The van der Waals surface area contributed by atoms with Crippen molar-refractivity contribution >= 4 is 11.3 Å². The fourth-order valence-corrected chi connectivity index (χ4v) is 2.70. The molecule has 14 heavy (non-hydrogen) atoms. The molecule has 78 valence electrons. The summed E-state index contributed by atoms with van der Waals surface area (Å²) in [7, 11) is 0. The summed E-state index contributed by atoms with van der Waals surface area (Å²) < 4.78 is 5.45. The minimum Gasteiger partial charge on any atom is -0.396 e. The number of rotatable bonds is 3. The molecule has 2 rings (SSSR count). The van der Waals surface area contributed by atoms with Crippen LogP contribution in [-0.2, 0) is 11.2 Å². The summed E-state index contributed by atoms with van der Waals surface area (Å²) >= 11 is 1.65. The Morgan fingerprint density at radius 2 is 2.57 bits per heavy atom. The molecule has 2 heterocycles. The molecule has 1 fully saturated rings. The third-order valence-corrected chi connectivity index (χ3v) is 3.55. The third kappa shape index (κ3) is 2.13. The zero-order valence-corrected chi connectivity index (χ0v) is 8.92. The lowest BCUT2D eigenvalue weighted by molar-refractivity contribution is -0.0375. The SMILES string of the molecule is OCC1(Cc2cncs2)CCCOC1. The Balaban J connectivity index is 2.04. The summed E-state index contributed by atoms with van der Waals surface area (Å²) in [5.74, 6) is 0. The maximum absolute atomic E-state index is 9.44. The molecule has 1 aromatic heterocycles. The van der Waals surface area contributed by atoms with Gasteiger partial charge in [0.05, 0.1) is 18.7 Å². The molecule has 0 radical (unpaired) electrons. The van der Waals surface area contributed by atoms with Crippen LogP contribution in [0.15, 0.2) is 11.7 Å². The van der Waals surface area contributed by atoms with Gasteiger partial charge in [-0.05, 0) is 19.3 Å². The molecule has 1 saturated heterocycles. The van der Waals surface area contributed by atoms with Crippen LogP contribution in [0.25, 0.3) is 0 Å². The highest BCUT2D eigenvalue weighted by Crippen LogP contribution is 2.32. The maximum atomic E-state index is 9.44. The maximum Gasteiger partial charge on any atom is 0.0794 e. The Morgan fingerprint density at radius 1 is 1.64 bits per heavy atom. The first-order valence-corrected chi connectivity index (χ1v) is 5.79. The number of nitrogens with zero attached hydrogens (tertiary/aromatic N) is 1. The highest BCUT2D eigenvalue weighted by Gasteiger charge is 2.32. The molecule has 0 spiro atoms. The molecular weight excluding hydrogens is 198 g/mol. The van der Waals surface area contributed by atoms with Gasteiger partial charge in [-0.1, -0.05) is 0 Å². The van der Waals surface area contributed by atoms with Crippen LogP contribution in [0.3, 0.4) is 0 Å². The summed E-state index contributed by atoms with van der Waals surface area (Å²) in [4.78, 5) is 5.29. The second-order valence-corrected chi connectivity index (χ2v) is 4.93. The summed E-state index contributed by atoms with van der Waals surface area (Å²) in [5.41, 5.74) is 1.79. The molecule has 1 atom stereocenters. The minimum absolute atomic E-state index is 0.0508. The predicted molar refractivity (Wildman–Crippen MR) is 55.4 cm³/mol. The van der Waals surface area contributed by atoms with E-state index in [1.165, 1.54) is 4.88 Å². The van der Waals surface area contributed by atoms with Gasteiger partial charge in [-0.25, -0.2) is 0 Å². The largest absolute Gasteiger partial charge is 0.396 e. The number of thiazole rings is 1. The topological polar surface area (TPSA) is 42.4 Å². The van der Waals surface area contributed by atoms with E-state index in [0.717, 1.165) is 25.9 Å². The first-order valence-electron chi connectivity index (χ1n) is 4.91. The van der Waals surface area contributed by atoms with Gasteiger partial charge in [-0.2, -0.15) is 0 Å². The molecule has 1 aliphatic rings. The van der Waals surface area contributed by atoms with E-state index >= 15 is 0 Å². The van der Waals surface area contributed by atoms with Crippen molar-refractivity contribution in [1.82, 2.24) is 4.98 Å². The number of aliphatic hydroxyl groups is 1. The molecule has 0 aromatic carbocycles. The zero-order chi connectivity index (χ0) is 9.86. The molecule has 0 amide bonds. The van der Waals surface area contributed by atoms with Crippen molar-refractivity contribution < 1.29 is 9.84 Å². The van der Waals surface area contributed by atoms with Gasteiger partial charge in [0.2, 0.25) is 0 Å². The van der Waals surface area contributed by atoms with E-state index in [4.69, 9.17) is 4.74 Å². The second kappa shape index (κ2) is 4.38. The van der Waals surface area contributed by atoms with Crippen molar-refractivity contribution in [3.8, 4) is 0 Å². The zero-order valence-electron chi connectivity index (χ0n) is 8.11. The van der Waals surface area contributed by atoms with Crippen molar-refractivity contribution in [3.05, 3.63) is 16.6 Å². The Bertz CT molecular complexity index is 268. The first-order chi connectivity index (χ1) is 6.85. The number of aliphatic hydroxyl groups excluding tert-OH is 1. The highest BCUT2D eigenvalue weighted by molar-refractivity contribution is 7.09. The van der Waals surface area contributed by atoms with E-state index in [1.54, 1.807) is 11.3 Å². The van der Waals surface area contributed by atoms with Crippen molar-refractivity contribution in [2.75, 3.05) is 19.8 Å². The fourth-order valence-electron chi connectivity index (χ4n) is 1.93. The van der Waals surface area contributed by atoms with E-state index in [1.807, 2.05) is 11.7 Å². The van der Waals surface area contributed by atoms with Crippen LogP contribution < -0.4 is 0 Å². The summed E-state index contributed by atoms with van der Waals surface area (Å²) in [6, 6.07) is 0. The lowest BCUT2D eigenvalue weighted by Gasteiger charge is -2.34. The molecule has 0 aliphatic carbocycles. The minimum atomic E-state index is -0.0508. The summed E-state index contributed by atoms with van der Waals surface area (Å²) in [6.07, 6.45) is 4.89. The monoisotopic (exact) mass is 213 g/mol. The van der Waals surface area contributed by atoms with Crippen molar-refractivity contribution in [2.24, 2.45) is 5.41 Å². The van der Waals surface area contributed by atoms with E-state index in [2.05, 4.69) is 4.98 Å². The molecule has 0 saturated carbocycles. The highest BCUT2D eigenvalue weighted by atomic mass is 32.1. The fraction of sp³-hybridized carbons (Fsp3) is 0.700. The normalized spacial score (nSPS) is 27.8. The Hall–Kier alpha value is -0.450. The summed E-state index contributed by atoms with van der Waals surface area (Å²) in [6.45, 7) is 1.73. The van der Waals surface area contributed by atoms with Gasteiger partial charge in [-0.3, -0.25) is 4.98 Å². The van der Waals surface area contributed by atoms with E-state index in [-0.39, 0.29) is 12.0 Å². The number of hydrogen-bond acceptors (Lipinski definition) is 4. The molecule has 1 aliphatic heterocycles. The number of hydrogen-bond donors (Lipinski definition) is 1.